The van der Waals surface area contributed by atoms with Crippen molar-refractivity contribution >= 4 is 0 Å². The maximum atomic E-state index is 4.34. The molecular weight excluding hydrogens is 108 g/mol. The Morgan fingerprint density at radius 2 is 1.50 bits per heavy atom. The van der Waals surface area contributed by atoms with Crippen LogP contribution in [0.15, 0.2) is 4.63 Å². The highest BCUT2D eigenvalue weighted by molar-refractivity contribution is 5.00. The number of aromatic nitrogens is 2. The van der Waals surface area contributed by atoms with Gasteiger partial charge in [-0.25, -0.2) is 4.63 Å². The first-order valence-corrected chi connectivity index (χ1v) is 2.06. The van der Waals surface area contributed by atoms with Crippen molar-refractivity contribution in [1.82, 2.24) is 10.3 Å². The molecule has 1 aromatic heterocycles. The van der Waals surface area contributed by atoms with E-state index in [2.05, 4.69) is 14.9 Å². The number of hydrogen-bond donors (Lipinski definition) is 0. The summed E-state index contributed by atoms with van der Waals surface area (Å²) >= 11 is 0. The zero-order valence-electron chi connectivity index (χ0n) is 4.80. The zero-order valence-corrected chi connectivity index (χ0v) is 4.80. The number of nitrogens with zero attached hydrogens (tertiary/aromatic N) is 2. The van der Waals surface area contributed by atoms with Crippen LogP contribution in [0.3, 0.4) is 0 Å². The van der Waals surface area contributed by atoms with Crippen molar-refractivity contribution in [2.75, 3.05) is 0 Å². The van der Waals surface area contributed by atoms with Gasteiger partial charge in [0.25, 0.3) is 0 Å². The van der Waals surface area contributed by atoms with Crippen molar-refractivity contribution in [3.8, 4) is 0 Å². The van der Waals surface area contributed by atoms with E-state index < -0.39 is 0 Å². The van der Waals surface area contributed by atoms with E-state index >= 15 is 0 Å². The summed E-state index contributed by atoms with van der Waals surface area (Å²) in [4.78, 5) is 0. The number of rotatable bonds is 0. The highest BCUT2D eigenvalue weighted by Crippen LogP contribution is 1.94. The van der Waals surface area contributed by atoms with E-state index in [1.54, 1.807) is 0 Å². The first-order valence-electron chi connectivity index (χ1n) is 2.06. The van der Waals surface area contributed by atoms with Gasteiger partial charge in [0.2, 0.25) is 0 Å². The standard InChI is InChI=1S/C4H6N2O.H2O/c1-3-4(2)6-7-5-3;/h1-2H3;1H2. The van der Waals surface area contributed by atoms with Crippen molar-refractivity contribution in [3.63, 3.8) is 0 Å². The highest BCUT2D eigenvalue weighted by Gasteiger charge is 1.93. The van der Waals surface area contributed by atoms with Crippen LogP contribution >= 0.6 is 0 Å². The average molecular weight is 116 g/mol. The fourth-order valence-electron chi connectivity index (χ4n) is 0.275. The maximum absolute atomic E-state index is 4.34. The summed E-state index contributed by atoms with van der Waals surface area (Å²) in [6.07, 6.45) is 0. The van der Waals surface area contributed by atoms with Gasteiger partial charge in [-0.1, -0.05) is 10.3 Å². The second kappa shape index (κ2) is 2.42. The van der Waals surface area contributed by atoms with Crippen LogP contribution in [-0.2, 0) is 0 Å². The van der Waals surface area contributed by atoms with Crippen LogP contribution in [0.4, 0.5) is 0 Å². The van der Waals surface area contributed by atoms with Crippen LogP contribution in [-0.4, -0.2) is 15.8 Å². The molecule has 0 fully saturated rings. The number of aryl methyl sites for hydroxylation is 2. The Labute approximate surface area is 46.8 Å². The van der Waals surface area contributed by atoms with Crippen molar-refractivity contribution in [1.29, 1.82) is 0 Å². The molecule has 4 heteroatoms. The number of hydrogen-bond acceptors (Lipinski definition) is 3. The molecule has 8 heavy (non-hydrogen) atoms. The monoisotopic (exact) mass is 116 g/mol. The second-order valence-electron chi connectivity index (χ2n) is 1.44. The largest absolute Gasteiger partial charge is 0.412 e. The van der Waals surface area contributed by atoms with Crippen LogP contribution in [0.2, 0.25) is 0 Å². The Balaban J connectivity index is 0.000000490. The van der Waals surface area contributed by atoms with Crippen molar-refractivity contribution in [3.05, 3.63) is 11.4 Å². The molecule has 0 aliphatic heterocycles. The SMILES string of the molecule is Cc1nonc1C.O. The van der Waals surface area contributed by atoms with Gasteiger partial charge < -0.3 is 5.48 Å². The molecule has 0 unspecified atom stereocenters. The molecule has 0 saturated carbocycles. The van der Waals surface area contributed by atoms with Gasteiger partial charge in [0.05, 0.1) is 0 Å². The van der Waals surface area contributed by atoms with Gasteiger partial charge >= 0.3 is 0 Å². The molecule has 0 bridgehead atoms. The maximum Gasteiger partial charge on any atom is 0.104 e. The zero-order chi connectivity index (χ0) is 5.28. The molecule has 0 atom stereocenters. The summed E-state index contributed by atoms with van der Waals surface area (Å²) in [6, 6.07) is 0. The third-order valence-electron chi connectivity index (χ3n) is 0.879. The van der Waals surface area contributed by atoms with E-state index in [1.807, 2.05) is 13.8 Å². The van der Waals surface area contributed by atoms with E-state index in [0.717, 1.165) is 11.4 Å². The van der Waals surface area contributed by atoms with Crippen LogP contribution in [0.5, 0.6) is 0 Å². The van der Waals surface area contributed by atoms with Crippen LogP contribution in [0, 0.1) is 13.8 Å². The van der Waals surface area contributed by atoms with Crippen molar-refractivity contribution in [2.24, 2.45) is 0 Å². The predicted octanol–water partition coefficient (Wildman–Crippen LogP) is -0.138. The third-order valence-corrected chi connectivity index (χ3v) is 0.879. The highest BCUT2D eigenvalue weighted by atomic mass is 16.6. The van der Waals surface area contributed by atoms with E-state index in [-0.39, 0.29) is 5.48 Å². The van der Waals surface area contributed by atoms with Gasteiger partial charge in [-0.3, -0.25) is 0 Å². The van der Waals surface area contributed by atoms with Gasteiger partial charge in [0.1, 0.15) is 11.4 Å². The minimum absolute atomic E-state index is 0. The Morgan fingerprint density at radius 1 is 1.12 bits per heavy atom. The molecular formula is C4H8N2O2. The molecule has 0 aromatic carbocycles. The molecule has 0 aliphatic rings. The molecule has 2 N–H and O–H groups in total. The minimum Gasteiger partial charge on any atom is -0.412 e. The predicted molar refractivity (Wildman–Crippen MR) is 27.4 cm³/mol. The average Bonchev–Trinajstić information content (AvgIpc) is 1.91. The molecule has 0 spiro atoms. The molecule has 0 radical (unpaired) electrons. The van der Waals surface area contributed by atoms with Gasteiger partial charge in [0, 0.05) is 0 Å². The summed E-state index contributed by atoms with van der Waals surface area (Å²) in [7, 11) is 0. The molecule has 1 heterocycles. The molecule has 0 aliphatic carbocycles. The Hall–Kier alpha value is -0.900. The van der Waals surface area contributed by atoms with Gasteiger partial charge in [-0.15, -0.1) is 0 Å². The Bertz CT molecular complexity index is 144. The lowest BCUT2D eigenvalue weighted by Gasteiger charge is -1.71. The Morgan fingerprint density at radius 3 is 1.62 bits per heavy atom. The van der Waals surface area contributed by atoms with Crippen LogP contribution < -0.4 is 0 Å². The third kappa shape index (κ3) is 1.04. The molecule has 46 valence electrons. The van der Waals surface area contributed by atoms with Crippen LogP contribution in [0.1, 0.15) is 11.4 Å². The van der Waals surface area contributed by atoms with Gasteiger partial charge in [-0.05, 0) is 13.8 Å². The van der Waals surface area contributed by atoms with Crippen molar-refractivity contribution < 1.29 is 10.1 Å². The van der Waals surface area contributed by atoms with Crippen molar-refractivity contribution in [2.45, 2.75) is 13.8 Å². The lowest BCUT2D eigenvalue weighted by Crippen LogP contribution is -1.71. The van der Waals surface area contributed by atoms with Gasteiger partial charge in [0.15, 0.2) is 0 Å². The minimum atomic E-state index is 0. The summed E-state index contributed by atoms with van der Waals surface area (Å²) in [5, 5.41) is 7.06. The Kier molecular flexibility index (Phi) is 2.15. The normalized spacial score (nSPS) is 8.25. The first kappa shape index (κ1) is 7.10. The molecule has 0 amide bonds. The quantitative estimate of drug-likeness (QED) is 0.473. The summed E-state index contributed by atoms with van der Waals surface area (Å²) in [5.74, 6) is 0. The summed E-state index contributed by atoms with van der Waals surface area (Å²) < 4.78 is 4.34. The second-order valence-corrected chi connectivity index (χ2v) is 1.44. The molecule has 1 rings (SSSR count). The summed E-state index contributed by atoms with van der Waals surface area (Å²) in [5.41, 5.74) is 1.72. The molecule has 4 nitrogen and oxygen atoms in total. The van der Waals surface area contributed by atoms with Gasteiger partial charge in [-0.2, -0.15) is 0 Å². The van der Waals surface area contributed by atoms with E-state index in [1.165, 1.54) is 0 Å². The topological polar surface area (TPSA) is 70.4 Å². The first-order chi connectivity index (χ1) is 3.30. The summed E-state index contributed by atoms with van der Waals surface area (Å²) in [6.45, 7) is 3.71. The smallest absolute Gasteiger partial charge is 0.104 e. The van der Waals surface area contributed by atoms with E-state index in [9.17, 15) is 0 Å². The van der Waals surface area contributed by atoms with E-state index in [0.29, 0.717) is 0 Å². The van der Waals surface area contributed by atoms with Crippen LogP contribution in [0.25, 0.3) is 0 Å². The fraction of sp³-hybridized carbons (Fsp3) is 0.500. The fourth-order valence-corrected chi connectivity index (χ4v) is 0.275. The lowest BCUT2D eigenvalue weighted by molar-refractivity contribution is 0.302. The van der Waals surface area contributed by atoms with E-state index in [4.69, 9.17) is 0 Å². The molecule has 0 saturated heterocycles. The molecule has 1 aromatic rings. The lowest BCUT2D eigenvalue weighted by atomic mass is 10.4.